The summed E-state index contributed by atoms with van der Waals surface area (Å²) in [5, 5.41) is 24.3. The number of rotatable bonds is 9. The Kier molecular flexibility index (Phi) is 8.63. The molecule has 2 atom stereocenters. The number of aromatic nitrogens is 4. The van der Waals surface area contributed by atoms with E-state index in [0.29, 0.717) is 23.6 Å². The number of nitrogens with zero attached hydrogens (tertiary/aromatic N) is 5. The van der Waals surface area contributed by atoms with Crippen molar-refractivity contribution in [3.05, 3.63) is 87.1 Å². The molecule has 0 radical (unpaired) electrons. The first-order valence-electron chi connectivity index (χ1n) is 15.1. The summed E-state index contributed by atoms with van der Waals surface area (Å²) in [5.41, 5.74) is 4.88. The van der Waals surface area contributed by atoms with E-state index in [-0.39, 0.29) is 23.3 Å². The highest BCUT2D eigenvalue weighted by Gasteiger charge is 2.36. The molecule has 8 nitrogen and oxygen atoms in total. The van der Waals surface area contributed by atoms with Gasteiger partial charge in [0.05, 0.1) is 35.1 Å². The standard InChI is InChI=1S/C34H41N5O3/c1-6-9-31-30(20-25-12-14-26(15-13-25)29-11-8-7-10-27(29)21-35)32(41)38(33-36-24(4)37-39(31)33)28-16-18-34(5,19-17-28)42-23(3)22(2)40/h7-8,10-15,22-23,28,40H,6,9,16-20H2,1-5H3. The van der Waals surface area contributed by atoms with Crippen LogP contribution in [0.4, 0.5) is 0 Å². The Bertz CT molecular complexity index is 1650. The van der Waals surface area contributed by atoms with Crippen molar-refractivity contribution in [2.24, 2.45) is 0 Å². The van der Waals surface area contributed by atoms with Crippen molar-refractivity contribution in [2.75, 3.05) is 0 Å². The number of hydrogen-bond donors (Lipinski definition) is 1. The van der Waals surface area contributed by atoms with E-state index < -0.39 is 6.10 Å². The van der Waals surface area contributed by atoms with Crippen molar-refractivity contribution < 1.29 is 9.84 Å². The smallest absolute Gasteiger partial charge is 0.259 e. The molecule has 0 amide bonds. The molecule has 2 unspecified atom stereocenters. The van der Waals surface area contributed by atoms with Crippen LogP contribution in [0.15, 0.2) is 53.3 Å². The first-order chi connectivity index (χ1) is 20.1. The van der Waals surface area contributed by atoms with Gasteiger partial charge >= 0.3 is 0 Å². The van der Waals surface area contributed by atoms with Crippen molar-refractivity contribution in [2.45, 2.75) is 103 Å². The second kappa shape index (κ2) is 12.2. The van der Waals surface area contributed by atoms with Gasteiger partial charge in [0, 0.05) is 18.0 Å². The molecule has 1 aliphatic carbocycles. The molecular formula is C34H41N5O3. The zero-order valence-corrected chi connectivity index (χ0v) is 25.3. The highest BCUT2D eigenvalue weighted by molar-refractivity contribution is 5.70. The molecule has 1 N–H and O–H groups in total. The quantitative estimate of drug-likeness (QED) is 0.268. The number of hydrogen-bond acceptors (Lipinski definition) is 6. The summed E-state index contributed by atoms with van der Waals surface area (Å²) >= 11 is 0. The van der Waals surface area contributed by atoms with E-state index in [1.165, 1.54) is 0 Å². The Hall–Kier alpha value is -3.80. The predicted octanol–water partition coefficient (Wildman–Crippen LogP) is 5.94. The fourth-order valence-electron chi connectivity index (χ4n) is 6.20. The van der Waals surface area contributed by atoms with Crippen molar-refractivity contribution >= 4 is 5.78 Å². The third kappa shape index (κ3) is 5.90. The molecule has 220 valence electrons. The Morgan fingerprint density at radius 1 is 1.14 bits per heavy atom. The third-order valence-corrected chi connectivity index (χ3v) is 8.70. The lowest BCUT2D eigenvalue weighted by molar-refractivity contribution is -0.133. The van der Waals surface area contributed by atoms with Crippen molar-refractivity contribution in [3.8, 4) is 17.2 Å². The normalized spacial score (nSPS) is 20.4. The fourth-order valence-corrected chi connectivity index (χ4v) is 6.20. The summed E-state index contributed by atoms with van der Waals surface area (Å²) in [4.78, 5) is 19.1. The second-order valence-electron chi connectivity index (χ2n) is 12.0. The highest BCUT2D eigenvalue weighted by atomic mass is 16.5. The molecule has 1 fully saturated rings. The van der Waals surface area contributed by atoms with E-state index in [4.69, 9.17) is 14.8 Å². The van der Waals surface area contributed by atoms with Gasteiger partial charge in [-0.05, 0) is 82.6 Å². The van der Waals surface area contributed by atoms with Gasteiger partial charge < -0.3 is 9.84 Å². The molecule has 1 aliphatic rings. The number of aliphatic hydroxyl groups excluding tert-OH is 1. The van der Waals surface area contributed by atoms with Crippen LogP contribution in [0.5, 0.6) is 0 Å². The Morgan fingerprint density at radius 2 is 1.83 bits per heavy atom. The maximum Gasteiger partial charge on any atom is 0.259 e. The Balaban J connectivity index is 1.51. The van der Waals surface area contributed by atoms with Crippen LogP contribution in [0.1, 0.15) is 94.0 Å². The summed E-state index contributed by atoms with van der Waals surface area (Å²) in [5.74, 6) is 1.26. The molecule has 0 spiro atoms. The van der Waals surface area contributed by atoms with Crippen LogP contribution in [-0.4, -0.2) is 42.1 Å². The molecule has 1 saturated carbocycles. The monoisotopic (exact) mass is 567 g/mol. The van der Waals surface area contributed by atoms with E-state index in [2.05, 4.69) is 19.9 Å². The molecule has 2 heterocycles. The largest absolute Gasteiger partial charge is 0.391 e. The fraction of sp³-hybridized carbons (Fsp3) is 0.471. The van der Waals surface area contributed by atoms with Crippen LogP contribution >= 0.6 is 0 Å². The van der Waals surface area contributed by atoms with Crippen LogP contribution < -0.4 is 5.56 Å². The predicted molar refractivity (Wildman–Crippen MR) is 164 cm³/mol. The lowest BCUT2D eigenvalue weighted by Crippen LogP contribution is -2.42. The molecular weight excluding hydrogens is 526 g/mol. The van der Waals surface area contributed by atoms with Crippen molar-refractivity contribution in [1.82, 2.24) is 19.2 Å². The average molecular weight is 568 g/mol. The van der Waals surface area contributed by atoms with Gasteiger partial charge in [-0.3, -0.25) is 9.36 Å². The van der Waals surface area contributed by atoms with Gasteiger partial charge in [-0.1, -0.05) is 55.8 Å². The summed E-state index contributed by atoms with van der Waals surface area (Å²) in [6.45, 7) is 9.75. The molecule has 42 heavy (non-hydrogen) atoms. The molecule has 2 aromatic heterocycles. The van der Waals surface area contributed by atoms with Gasteiger partial charge in [-0.25, -0.2) is 4.52 Å². The minimum absolute atomic E-state index is 0.00382. The number of fused-ring (bicyclic) bond motifs is 1. The van der Waals surface area contributed by atoms with E-state index in [1.54, 1.807) is 6.92 Å². The summed E-state index contributed by atoms with van der Waals surface area (Å²) in [6, 6.07) is 18.0. The van der Waals surface area contributed by atoms with Gasteiger partial charge in [0.25, 0.3) is 5.56 Å². The van der Waals surface area contributed by atoms with Crippen LogP contribution in [0.2, 0.25) is 0 Å². The zero-order chi connectivity index (χ0) is 30.0. The van der Waals surface area contributed by atoms with Gasteiger partial charge in [-0.2, -0.15) is 15.3 Å². The number of aryl methyl sites for hydroxylation is 2. The molecule has 0 bridgehead atoms. The number of benzene rings is 2. The van der Waals surface area contributed by atoms with Crippen LogP contribution in [-0.2, 0) is 17.6 Å². The second-order valence-corrected chi connectivity index (χ2v) is 12.0. The minimum Gasteiger partial charge on any atom is -0.391 e. The van der Waals surface area contributed by atoms with E-state index >= 15 is 0 Å². The molecule has 2 aromatic carbocycles. The van der Waals surface area contributed by atoms with Gasteiger partial charge in [0.1, 0.15) is 5.82 Å². The Morgan fingerprint density at radius 3 is 2.48 bits per heavy atom. The Labute approximate surface area is 247 Å². The van der Waals surface area contributed by atoms with E-state index in [9.17, 15) is 15.2 Å². The molecule has 8 heteroatoms. The number of ether oxygens (including phenoxy) is 1. The third-order valence-electron chi connectivity index (χ3n) is 8.70. The minimum atomic E-state index is -0.537. The number of nitriles is 1. The SMILES string of the molecule is CCCc1c(Cc2ccc(-c3ccccc3C#N)cc2)c(=O)n(C2CCC(C)(OC(C)C(C)O)CC2)c2nc(C)nn12. The zero-order valence-electron chi connectivity index (χ0n) is 25.3. The first kappa shape index (κ1) is 29.7. The van der Waals surface area contributed by atoms with Crippen molar-refractivity contribution in [3.63, 3.8) is 0 Å². The topological polar surface area (TPSA) is 105 Å². The molecule has 0 aliphatic heterocycles. The van der Waals surface area contributed by atoms with Crippen LogP contribution in [0.25, 0.3) is 16.9 Å². The maximum absolute atomic E-state index is 14.4. The van der Waals surface area contributed by atoms with E-state index in [1.807, 2.05) is 71.5 Å². The molecule has 5 rings (SSSR count). The van der Waals surface area contributed by atoms with Crippen LogP contribution in [0.3, 0.4) is 0 Å². The van der Waals surface area contributed by atoms with Crippen molar-refractivity contribution in [1.29, 1.82) is 5.26 Å². The lowest BCUT2D eigenvalue weighted by atomic mass is 9.83. The first-order valence-corrected chi connectivity index (χ1v) is 15.1. The molecule has 0 saturated heterocycles. The summed E-state index contributed by atoms with van der Waals surface area (Å²) in [7, 11) is 0. The molecule has 4 aromatic rings. The number of aliphatic hydroxyl groups is 1. The van der Waals surface area contributed by atoms with Gasteiger partial charge in [-0.15, -0.1) is 0 Å². The lowest BCUT2D eigenvalue weighted by Gasteiger charge is -2.40. The van der Waals surface area contributed by atoms with E-state index in [0.717, 1.165) is 66.5 Å². The highest BCUT2D eigenvalue weighted by Crippen LogP contribution is 2.38. The van der Waals surface area contributed by atoms with Crippen LogP contribution in [0, 0.1) is 18.3 Å². The average Bonchev–Trinajstić information content (AvgIpc) is 3.36. The summed E-state index contributed by atoms with van der Waals surface area (Å²) < 4.78 is 10.0. The van der Waals surface area contributed by atoms with Gasteiger partial charge in [0.15, 0.2) is 0 Å². The maximum atomic E-state index is 14.4. The van der Waals surface area contributed by atoms with Gasteiger partial charge in [0.2, 0.25) is 5.78 Å². The summed E-state index contributed by atoms with van der Waals surface area (Å²) in [6.07, 6.45) is 4.46.